The van der Waals surface area contributed by atoms with Crippen LogP contribution >= 0.6 is 0 Å². The van der Waals surface area contributed by atoms with E-state index in [1.807, 2.05) is 41.5 Å². The number of hydrogen-bond donors (Lipinski definition) is 0. The highest BCUT2D eigenvalue weighted by atomic mass is 16.1. The molecule has 0 atom stereocenters. The average molecular weight is 354 g/mol. The molecule has 0 aromatic carbocycles. The second-order valence-corrected chi connectivity index (χ2v) is 9.39. The lowest BCUT2D eigenvalue weighted by Gasteiger charge is -2.23. The van der Waals surface area contributed by atoms with Gasteiger partial charge in [0, 0.05) is 22.3 Å². The molecule has 0 fully saturated rings. The van der Waals surface area contributed by atoms with Crippen LogP contribution in [-0.2, 0) is 19.2 Å². The third-order valence-electron chi connectivity index (χ3n) is 4.06. The van der Waals surface area contributed by atoms with E-state index in [-0.39, 0.29) is 33.5 Å². The highest BCUT2D eigenvalue weighted by Gasteiger charge is 2.31. The Labute approximate surface area is 154 Å². The van der Waals surface area contributed by atoms with Crippen LogP contribution in [0.2, 0.25) is 0 Å². The topological polar surface area (TPSA) is 68.3 Å². The van der Waals surface area contributed by atoms with Crippen molar-refractivity contribution in [2.75, 3.05) is 0 Å². The molecule has 0 aliphatic heterocycles. The minimum Gasteiger partial charge on any atom is -0.290 e. The van der Waals surface area contributed by atoms with Crippen LogP contribution in [0.4, 0.5) is 0 Å². The van der Waals surface area contributed by atoms with Crippen molar-refractivity contribution in [3.8, 4) is 0 Å². The Hall–Kier alpha value is -2.36. The summed E-state index contributed by atoms with van der Waals surface area (Å²) in [6.07, 6.45) is 5.95. The summed E-state index contributed by atoms with van der Waals surface area (Å²) in [5.41, 5.74) is 0.631. The Morgan fingerprint density at radius 1 is 0.538 bits per heavy atom. The van der Waals surface area contributed by atoms with E-state index in [2.05, 4.69) is 0 Å². The zero-order valence-corrected chi connectivity index (χ0v) is 16.4. The van der Waals surface area contributed by atoms with E-state index in [0.29, 0.717) is 24.0 Å². The Kier molecular flexibility index (Phi) is 5.18. The molecule has 4 heteroatoms. The largest absolute Gasteiger partial charge is 0.290 e. The third kappa shape index (κ3) is 4.84. The van der Waals surface area contributed by atoms with Crippen molar-refractivity contribution in [1.82, 2.24) is 0 Å². The number of carbonyl (C=O) groups excluding carboxylic acids is 4. The second-order valence-electron chi connectivity index (χ2n) is 9.39. The summed E-state index contributed by atoms with van der Waals surface area (Å²) in [5.74, 6) is -1.35. The maximum atomic E-state index is 12.5. The molecule has 0 aromatic rings. The van der Waals surface area contributed by atoms with Crippen molar-refractivity contribution in [3.63, 3.8) is 0 Å². The predicted molar refractivity (Wildman–Crippen MR) is 101 cm³/mol. The molecule has 0 radical (unpaired) electrons. The Bertz CT molecular complexity index is 745. The summed E-state index contributed by atoms with van der Waals surface area (Å²) >= 11 is 0. The fourth-order valence-corrected chi connectivity index (χ4v) is 3.04. The van der Waals surface area contributed by atoms with Crippen LogP contribution in [0.3, 0.4) is 0 Å². The number of allylic oxidation sites excluding steroid dienone is 8. The van der Waals surface area contributed by atoms with Crippen LogP contribution in [0, 0.1) is 10.8 Å². The summed E-state index contributed by atoms with van der Waals surface area (Å²) in [6, 6.07) is 0. The first-order chi connectivity index (χ1) is 11.8. The van der Waals surface area contributed by atoms with E-state index in [1.165, 1.54) is 24.3 Å². The first-order valence-electron chi connectivity index (χ1n) is 8.79. The van der Waals surface area contributed by atoms with Gasteiger partial charge in [-0.2, -0.15) is 0 Å². The van der Waals surface area contributed by atoms with Crippen LogP contribution in [0.15, 0.2) is 46.6 Å². The summed E-state index contributed by atoms with van der Waals surface area (Å²) in [6.45, 7) is 11.9. The Morgan fingerprint density at radius 3 is 1.12 bits per heavy atom. The highest BCUT2D eigenvalue weighted by molar-refractivity contribution is 6.30. The molecular weight excluding hydrogens is 328 g/mol. The molecule has 2 rings (SSSR count). The molecule has 26 heavy (non-hydrogen) atoms. The van der Waals surface area contributed by atoms with Crippen molar-refractivity contribution in [1.29, 1.82) is 0 Å². The number of ketones is 4. The fourth-order valence-electron chi connectivity index (χ4n) is 3.04. The highest BCUT2D eigenvalue weighted by Crippen LogP contribution is 2.32. The number of rotatable bonds is 3. The molecule has 0 saturated carbocycles. The van der Waals surface area contributed by atoms with E-state index in [9.17, 15) is 19.2 Å². The van der Waals surface area contributed by atoms with Crippen LogP contribution in [0.5, 0.6) is 0 Å². The van der Waals surface area contributed by atoms with Crippen molar-refractivity contribution in [2.45, 2.75) is 54.4 Å². The van der Waals surface area contributed by atoms with E-state index in [1.54, 1.807) is 0 Å². The fraction of sp³-hybridized carbons (Fsp3) is 0.455. The van der Waals surface area contributed by atoms with Crippen molar-refractivity contribution < 1.29 is 19.2 Å². The molecule has 0 unspecified atom stereocenters. The molecule has 2 aliphatic carbocycles. The van der Waals surface area contributed by atoms with Gasteiger partial charge in [-0.3, -0.25) is 19.2 Å². The molecule has 0 heterocycles. The molecule has 2 aliphatic rings. The number of carbonyl (C=O) groups is 4. The quantitative estimate of drug-likeness (QED) is 0.722. The van der Waals surface area contributed by atoms with Gasteiger partial charge in [-0.1, -0.05) is 41.5 Å². The predicted octanol–water partition coefficient (Wildman–Crippen LogP) is 3.87. The van der Waals surface area contributed by atoms with Gasteiger partial charge < -0.3 is 0 Å². The van der Waals surface area contributed by atoms with Crippen LogP contribution in [-0.4, -0.2) is 23.1 Å². The van der Waals surface area contributed by atoms with Gasteiger partial charge in [-0.15, -0.1) is 0 Å². The van der Waals surface area contributed by atoms with Gasteiger partial charge in [0.2, 0.25) is 0 Å². The Morgan fingerprint density at radius 2 is 0.846 bits per heavy atom. The van der Waals surface area contributed by atoms with Crippen molar-refractivity contribution >= 4 is 23.1 Å². The van der Waals surface area contributed by atoms with Gasteiger partial charge in [-0.25, -0.2) is 0 Å². The van der Waals surface area contributed by atoms with Gasteiger partial charge in [0.05, 0.1) is 0 Å². The van der Waals surface area contributed by atoms with Crippen LogP contribution in [0.1, 0.15) is 54.4 Å². The maximum Gasteiger partial charge on any atom is 0.187 e. The van der Waals surface area contributed by atoms with Gasteiger partial charge in [0.25, 0.3) is 0 Å². The zero-order valence-electron chi connectivity index (χ0n) is 16.4. The van der Waals surface area contributed by atoms with E-state index in [0.717, 1.165) is 0 Å². The summed E-state index contributed by atoms with van der Waals surface area (Å²) in [4.78, 5) is 49.7. The van der Waals surface area contributed by atoms with Crippen molar-refractivity contribution in [2.24, 2.45) is 10.8 Å². The summed E-state index contributed by atoms with van der Waals surface area (Å²) in [7, 11) is 0. The minimum atomic E-state index is -0.399. The molecule has 0 spiro atoms. The molecule has 0 aromatic heterocycles. The second kappa shape index (κ2) is 6.75. The molecular formula is C22H26O4. The summed E-state index contributed by atoms with van der Waals surface area (Å²) in [5, 5.41) is 0. The first-order valence-corrected chi connectivity index (χ1v) is 8.79. The molecule has 0 bridgehead atoms. The standard InChI is InChI=1S/C22H26O4/c1-21(2,3)11-13-7-19(25)15(9-17(13)23)16-10-18(24)14(8-20(16)26)12-22(4,5)6/h7-10H,11-12H2,1-6H3. The van der Waals surface area contributed by atoms with Gasteiger partial charge >= 0.3 is 0 Å². The third-order valence-corrected chi connectivity index (χ3v) is 4.06. The van der Waals surface area contributed by atoms with E-state index >= 15 is 0 Å². The van der Waals surface area contributed by atoms with E-state index < -0.39 is 11.6 Å². The van der Waals surface area contributed by atoms with Crippen molar-refractivity contribution in [3.05, 3.63) is 46.6 Å². The van der Waals surface area contributed by atoms with Gasteiger partial charge in [0.15, 0.2) is 23.1 Å². The monoisotopic (exact) mass is 354 g/mol. The molecule has 0 saturated heterocycles. The minimum absolute atomic E-state index is 0.0112. The van der Waals surface area contributed by atoms with Crippen LogP contribution in [0.25, 0.3) is 0 Å². The number of hydrogen-bond acceptors (Lipinski definition) is 4. The van der Waals surface area contributed by atoms with Crippen LogP contribution < -0.4 is 0 Å². The van der Waals surface area contributed by atoms with E-state index in [4.69, 9.17) is 0 Å². The normalized spacial score (nSPS) is 19.2. The molecule has 4 nitrogen and oxygen atoms in total. The average Bonchev–Trinajstić information content (AvgIpc) is 2.43. The summed E-state index contributed by atoms with van der Waals surface area (Å²) < 4.78 is 0. The zero-order chi connectivity index (χ0) is 19.9. The lowest BCUT2D eigenvalue weighted by molar-refractivity contribution is -0.116. The lowest BCUT2D eigenvalue weighted by Crippen LogP contribution is -2.23. The first kappa shape index (κ1) is 20.0. The SMILES string of the molecule is CC(C)(C)CC1=CC(=O)C(C2=CC(=O)C(CC(C)(C)C)=CC2=O)=CC1=O. The molecule has 0 N–H and O–H groups in total. The Balaban J connectivity index is 2.28. The lowest BCUT2D eigenvalue weighted by atomic mass is 9.79. The smallest absolute Gasteiger partial charge is 0.187 e. The molecule has 0 amide bonds. The maximum absolute atomic E-state index is 12.5. The molecule has 138 valence electrons. The van der Waals surface area contributed by atoms with Gasteiger partial charge in [0.1, 0.15) is 0 Å². The van der Waals surface area contributed by atoms with Gasteiger partial charge in [-0.05, 0) is 48.0 Å².